The summed E-state index contributed by atoms with van der Waals surface area (Å²) in [4.78, 5) is 4.27. The number of rotatable bonds is 1. The van der Waals surface area contributed by atoms with E-state index in [-0.39, 0.29) is 0 Å². The van der Waals surface area contributed by atoms with Gasteiger partial charge in [0.15, 0.2) is 0 Å². The zero-order valence-electron chi connectivity index (χ0n) is 6.54. The van der Waals surface area contributed by atoms with Crippen LogP contribution in [0, 0.1) is 5.92 Å². The van der Waals surface area contributed by atoms with Crippen LogP contribution >= 0.6 is 0 Å². The number of allylic oxidation sites excluding steroid dienone is 3. The fourth-order valence-corrected chi connectivity index (χ4v) is 0.852. The summed E-state index contributed by atoms with van der Waals surface area (Å²) in [5, 5.41) is 0. The highest BCUT2D eigenvalue weighted by atomic mass is 14.7. The molecule has 1 aliphatic rings. The van der Waals surface area contributed by atoms with Gasteiger partial charge in [0, 0.05) is 11.9 Å². The molecular formula is C9H13N. The molecule has 1 rings (SSSR count). The highest BCUT2D eigenvalue weighted by Gasteiger charge is 1.99. The maximum absolute atomic E-state index is 4.27. The Balaban J connectivity index is 2.73. The van der Waals surface area contributed by atoms with E-state index in [1.54, 1.807) is 0 Å². The highest BCUT2D eigenvalue weighted by Crippen LogP contribution is 2.03. The monoisotopic (exact) mass is 135 g/mol. The van der Waals surface area contributed by atoms with Crippen molar-refractivity contribution in [2.24, 2.45) is 10.9 Å². The van der Waals surface area contributed by atoms with Gasteiger partial charge in [0.05, 0.1) is 0 Å². The predicted molar refractivity (Wildman–Crippen MR) is 45.2 cm³/mol. The lowest BCUT2D eigenvalue weighted by Gasteiger charge is -2.00. The van der Waals surface area contributed by atoms with E-state index in [0.29, 0.717) is 5.92 Å². The lowest BCUT2D eigenvalue weighted by molar-refractivity contribution is 0.889. The molecule has 0 aromatic heterocycles. The Hall–Kier alpha value is -0.850. The van der Waals surface area contributed by atoms with E-state index in [4.69, 9.17) is 0 Å². The molecule has 10 heavy (non-hydrogen) atoms. The maximum atomic E-state index is 4.27. The molecule has 1 nitrogen and oxygen atoms in total. The summed E-state index contributed by atoms with van der Waals surface area (Å²) < 4.78 is 0. The van der Waals surface area contributed by atoms with Gasteiger partial charge in [-0.2, -0.15) is 0 Å². The van der Waals surface area contributed by atoms with Gasteiger partial charge in [-0.25, -0.2) is 0 Å². The van der Waals surface area contributed by atoms with E-state index >= 15 is 0 Å². The lowest BCUT2D eigenvalue weighted by atomic mass is 10.1. The molecule has 0 saturated heterocycles. The molecule has 54 valence electrons. The molecular weight excluding hydrogens is 122 g/mol. The van der Waals surface area contributed by atoms with E-state index in [1.165, 1.54) is 5.71 Å². The van der Waals surface area contributed by atoms with Crippen molar-refractivity contribution in [3.63, 3.8) is 0 Å². The fraction of sp³-hybridized carbons (Fsp3) is 0.444. The minimum atomic E-state index is 0.541. The van der Waals surface area contributed by atoms with Gasteiger partial charge in [-0.1, -0.05) is 26.0 Å². The molecule has 0 spiro atoms. The van der Waals surface area contributed by atoms with Crippen LogP contribution in [0.15, 0.2) is 29.4 Å². The Kier molecular flexibility index (Phi) is 2.43. The number of hydrogen-bond donors (Lipinski definition) is 0. The largest absolute Gasteiger partial charge is 0.261 e. The van der Waals surface area contributed by atoms with Gasteiger partial charge in [0.1, 0.15) is 0 Å². The summed E-state index contributed by atoms with van der Waals surface area (Å²) in [7, 11) is 0. The first-order chi connectivity index (χ1) is 4.80. The van der Waals surface area contributed by atoms with Crippen LogP contribution in [0.5, 0.6) is 0 Å². The number of hydrogen-bond acceptors (Lipinski definition) is 1. The van der Waals surface area contributed by atoms with Crippen LogP contribution in [0.2, 0.25) is 0 Å². The molecule has 0 saturated carbocycles. The molecule has 0 aromatic rings. The highest BCUT2D eigenvalue weighted by molar-refractivity contribution is 5.96. The third-order valence-electron chi connectivity index (χ3n) is 1.48. The first kappa shape index (κ1) is 7.26. The molecule has 0 radical (unpaired) electrons. The normalized spacial score (nSPS) is 17.3. The zero-order chi connectivity index (χ0) is 7.40. The molecule has 0 bridgehead atoms. The first-order valence-electron chi connectivity index (χ1n) is 3.70. The molecule has 0 aliphatic carbocycles. The molecule has 0 aromatic carbocycles. The number of aliphatic imine (C=N–C) groups is 1. The summed E-state index contributed by atoms with van der Waals surface area (Å²) >= 11 is 0. The topological polar surface area (TPSA) is 12.4 Å². The molecule has 0 amide bonds. The Morgan fingerprint density at radius 1 is 1.40 bits per heavy atom. The molecule has 0 fully saturated rings. The van der Waals surface area contributed by atoms with E-state index in [2.05, 4.69) is 37.1 Å². The molecule has 1 heterocycles. The Bertz CT molecular complexity index is 185. The van der Waals surface area contributed by atoms with Gasteiger partial charge in [-0.15, -0.1) is 0 Å². The van der Waals surface area contributed by atoms with Gasteiger partial charge in [-0.3, -0.25) is 4.99 Å². The van der Waals surface area contributed by atoms with Crippen molar-refractivity contribution in [3.8, 4) is 0 Å². The second-order valence-electron chi connectivity index (χ2n) is 2.73. The SMILES string of the molecule is CC(C)C1=NC=CCC=C1. The van der Waals surface area contributed by atoms with Crippen LogP contribution in [0.25, 0.3) is 0 Å². The van der Waals surface area contributed by atoms with Gasteiger partial charge in [0.25, 0.3) is 0 Å². The summed E-state index contributed by atoms with van der Waals surface area (Å²) in [6, 6.07) is 0. The summed E-state index contributed by atoms with van der Waals surface area (Å²) in [6.07, 6.45) is 9.20. The van der Waals surface area contributed by atoms with Crippen molar-refractivity contribution < 1.29 is 0 Å². The van der Waals surface area contributed by atoms with Crippen molar-refractivity contribution in [1.82, 2.24) is 0 Å². The third kappa shape index (κ3) is 1.83. The second-order valence-corrected chi connectivity index (χ2v) is 2.73. The van der Waals surface area contributed by atoms with E-state index in [0.717, 1.165) is 6.42 Å². The minimum absolute atomic E-state index is 0.541. The van der Waals surface area contributed by atoms with Gasteiger partial charge in [-0.05, 0) is 18.4 Å². The fourth-order valence-electron chi connectivity index (χ4n) is 0.852. The van der Waals surface area contributed by atoms with E-state index in [9.17, 15) is 0 Å². The average Bonchev–Trinajstić information content (AvgIpc) is 2.12. The quantitative estimate of drug-likeness (QED) is 0.524. The van der Waals surface area contributed by atoms with Crippen molar-refractivity contribution in [2.45, 2.75) is 20.3 Å². The van der Waals surface area contributed by atoms with Crippen molar-refractivity contribution in [1.29, 1.82) is 0 Å². The van der Waals surface area contributed by atoms with Crippen molar-refractivity contribution in [3.05, 3.63) is 24.4 Å². The Labute approximate surface area is 62.2 Å². The lowest BCUT2D eigenvalue weighted by Crippen LogP contribution is -2.01. The van der Waals surface area contributed by atoms with Crippen LogP contribution in [-0.4, -0.2) is 5.71 Å². The third-order valence-corrected chi connectivity index (χ3v) is 1.48. The van der Waals surface area contributed by atoms with Crippen LogP contribution in [0.3, 0.4) is 0 Å². The number of nitrogens with zero attached hydrogens (tertiary/aromatic N) is 1. The van der Waals surface area contributed by atoms with E-state index in [1.807, 2.05) is 6.20 Å². The van der Waals surface area contributed by atoms with Crippen LogP contribution in [0.1, 0.15) is 20.3 Å². The Morgan fingerprint density at radius 2 is 2.20 bits per heavy atom. The van der Waals surface area contributed by atoms with Crippen LogP contribution in [-0.2, 0) is 0 Å². The van der Waals surface area contributed by atoms with Gasteiger partial charge < -0.3 is 0 Å². The zero-order valence-corrected chi connectivity index (χ0v) is 6.54. The predicted octanol–water partition coefficient (Wildman–Crippen LogP) is 2.56. The Morgan fingerprint density at radius 3 is 2.90 bits per heavy atom. The smallest absolute Gasteiger partial charge is 0.0425 e. The molecule has 1 aliphatic heterocycles. The summed E-state index contributed by atoms with van der Waals surface area (Å²) in [5.41, 5.74) is 1.17. The van der Waals surface area contributed by atoms with E-state index < -0.39 is 0 Å². The molecule has 0 atom stereocenters. The van der Waals surface area contributed by atoms with Crippen LogP contribution < -0.4 is 0 Å². The van der Waals surface area contributed by atoms with Crippen molar-refractivity contribution in [2.75, 3.05) is 0 Å². The van der Waals surface area contributed by atoms with Gasteiger partial charge >= 0.3 is 0 Å². The average molecular weight is 135 g/mol. The summed E-state index contributed by atoms with van der Waals surface area (Å²) in [5.74, 6) is 0.541. The second kappa shape index (κ2) is 3.35. The van der Waals surface area contributed by atoms with Gasteiger partial charge in [0.2, 0.25) is 0 Å². The first-order valence-corrected chi connectivity index (χ1v) is 3.70. The van der Waals surface area contributed by atoms with Crippen LogP contribution in [0.4, 0.5) is 0 Å². The summed E-state index contributed by atoms with van der Waals surface area (Å²) in [6.45, 7) is 4.31. The molecule has 1 heteroatoms. The molecule has 0 unspecified atom stereocenters. The minimum Gasteiger partial charge on any atom is -0.261 e. The van der Waals surface area contributed by atoms with Crippen molar-refractivity contribution >= 4 is 5.71 Å². The standard InChI is InChI=1S/C9H13N/c1-8(2)9-6-4-3-5-7-10-9/h4-8H,3H2,1-2H3. The molecule has 0 N–H and O–H groups in total. The maximum Gasteiger partial charge on any atom is 0.0425 e.